The van der Waals surface area contributed by atoms with Crippen molar-refractivity contribution in [3.63, 3.8) is 0 Å². The first-order chi connectivity index (χ1) is 9.66. The lowest BCUT2D eigenvalue weighted by Gasteiger charge is -2.27. The number of hydrogen-bond donors (Lipinski definition) is 1. The zero-order valence-corrected chi connectivity index (χ0v) is 11.7. The summed E-state index contributed by atoms with van der Waals surface area (Å²) < 4.78 is 0. The Hall–Kier alpha value is -2.09. The Bertz CT molecular complexity index is 660. The summed E-state index contributed by atoms with van der Waals surface area (Å²) >= 11 is 0. The van der Waals surface area contributed by atoms with Crippen LogP contribution in [0.4, 0.5) is 0 Å². The van der Waals surface area contributed by atoms with Crippen LogP contribution >= 0.6 is 0 Å². The SMILES string of the molecule is Cc1ccc2c(c1)C(c1ccccc1C(N)=O)CCC2. The van der Waals surface area contributed by atoms with Gasteiger partial charge < -0.3 is 5.73 Å². The number of benzene rings is 2. The molecule has 20 heavy (non-hydrogen) atoms. The van der Waals surface area contributed by atoms with Gasteiger partial charge >= 0.3 is 0 Å². The van der Waals surface area contributed by atoms with Crippen molar-refractivity contribution in [2.45, 2.75) is 32.1 Å². The summed E-state index contributed by atoms with van der Waals surface area (Å²) in [5.74, 6) is -0.0391. The number of nitrogens with two attached hydrogens (primary N) is 1. The number of amides is 1. The molecule has 2 aromatic carbocycles. The van der Waals surface area contributed by atoms with Crippen LogP contribution in [0.5, 0.6) is 0 Å². The van der Waals surface area contributed by atoms with Gasteiger partial charge in [0.25, 0.3) is 0 Å². The number of aryl methyl sites for hydroxylation is 2. The number of carbonyl (C=O) groups is 1. The van der Waals surface area contributed by atoms with Gasteiger partial charge in [0.1, 0.15) is 0 Å². The minimum absolute atomic E-state index is 0.294. The average Bonchev–Trinajstić information content (AvgIpc) is 2.46. The van der Waals surface area contributed by atoms with Crippen LogP contribution in [-0.4, -0.2) is 5.91 Å². The van der Waals surface area contributed by atoms with Gasteiger partial charge in [-0.25, -0.2) is 0 Å². The van der Waals surface area contributed by atoms with Crippen molar-refractivity contribution in [1.82, 2.24) is 0 Å². The molecule has 102 valence electrons. The number of fused-ring (bicyclic) bond motifs is 1. The molecule has 0 fully saturated rings. The topological polar surface area (TPSA) is 43.1 Å². The molecule has 2 aromatic rings. The summed E-state index contributed by atoms with van der Waals surface area (Å²) in [7, 11) is 0. The van der Waals surface area contributed by atoms with Gasteiger partial charge in [0.15, 0.2) is 0 Å². The first kappa shape index (κ1) is 12.9. The number of primary amides is 1. The highest BCUT2D eigenvalue weighted by molar-refractivity contribution is 5.94. The Labute approximate surface area is 119 Å². The second kappa shape index (κ2) is 5.12. The van der Waals surface area contributed by atoms with E-state index in [2.05, 4.69) is 25.1 Å². The molecule has 0 radical (unpaired) electrons. The van der Waals surface area contributed by atoms with E-state index in [0.717, 1.165) is 24.8 Å². The fourth-order valence-corrected chi connectivity index (χ4v) is 3.27. The van der Waals surface area contributed by atoms with Crippen LogP contribution in [0.3, 0.4) is 0 Å². The zero-order valence-electron chi connectivity index (χ0n) is 11.7. The van der Waals surface area contributed by atoms with Crippen LogP contribution in [0.15, 0.2) is 42.5 Å². The van der Waals surface area contributed by atoms with Crippen molar-refractivity contribution in [3.05, 3.63) is 70.3 Å². The maximum atomic E-state index is 11.7. The van der Waals surface area contributed by atoms with E-state index >= 15 is 0 Å². The maximum absolute atomic E-state index is 11.7. The van der Waals surface area contributed by atoms with Crippen molar-refractivity contribution in [1.29, 1.82) is 0 Å². The number of carbonyl (C=O) groups excluding carboxylic acids is 1. The van der Waals surface area contributed by atoms with Crippen molar-refractivity contribution in [2.24, 2.45) is 5.73 Å². The fraction of sp³-hybridized carbons (Fsp3) is 0.278. The van der Waals surface area contributed by atoms with Crippen LogP contribution < -0.4 is 5.73 Å². The van der Waals surface area contributed by atoms with Gasteiger partial charge in [-0.3, -0.25) is 4.79 Å². The van der Waals surface area contributed by atoms with Crippen LogP contribution in [0, 0.1) is 6.92 Å². The third kappa shape index (κ3) is 2.22. The summed E-state index contributed by atoms with van der Waals surface area (Å²) in [6.07, 6.45) is 3.37. The molecular formula is C18H19NO. The monoisotopic (exact) mass is 265 g/mol. The predicted molar refractivity (Wildman–Crippen MR) is 80.9 cm³/mol. The minimum atomic E-state index is -0.333. The molecule has 0 heterocycles. The lowest BCUT2D eigenvalue weighted by molar-refractivity contribution is 0.0999. The van der Waals surface area contributed by atoms with Gasteiger partial charge in [-0.05, 0) is 48.9 Å². The molecule has 0 bridgehead atoms. The summed E-state index contributed by atoms with van der Waals surface area (Å²) in [6, 6.07) is 14.4. The van der Waals surface area contributed by atoms with E-state index in [-0.39, 0.29) is 5.91 Å². The van der Waals surface area contributed by atoms with Crippen LogP contribution in [0.25, 0.3) is 0 Å². The average molecular weight is 265 g/mol. The molecule has 0 aromatic heterocycles. The van der Waals surface area contributed by atoms with Crippen LogP contribution in [0.2, 0.25) is 0 Å². The first-order valence-electron chi connectivity index (χ1n) is 7.15. The Morgan fingerprint density at radius 1 is 1.15 bits per heavy atom. The van der Waals surface area contributed by atoms with Crippen LogP contribution in [0.1, 0.15) is 51.4 Å². The largest absolute Gasteiger partial charge is 0.366 e. The van der Waals surface area contributed by atoms with Gasteiger partial charge in [-0.1, -0.05) is 42.0 Å². The molecule has 3 rings (SSSR count). The Morgan fingerprint density at radius 2 is 1.95 bits per heavy atom. The lowest BCUT2D eigenvalue weighted by atomic mass is 9.77. The maximum Gasteiger partial charge on any atom is 0.248 e. The van der Waals surface area contributed by atoms with E-state index in [1.165, 1.54) is 16.7 Å². The standard InChI is InChI=1S/C18H19NO/c1-12-9-10-13-5-4-8-15(17(13)11-12)14-6-2-3-7-16(14)18(19)20/h2-3,6-7,9-11,15H,4-5,8H2,1H3,(H2,19,20). The van der Waals surface area contributed by atoms with Crippen molar-refractivity contribution >= 4 is 5.91 Å². The molecule has 1 aliphatic carbocycles. The van der Waals surface area contributed by atoms with Crippen molar-refractivity contribution in [2.75, 3.05) is 0 Å². The minimum Gasteiger partial charge on any atom is -0.366 e. The Morgan fingerprint density at radius 3 is 2.75 bits per heavy atom. The zero-order chi connectivity index (χ0) is 14.1. The number of rotatable bonds is 2. The van der Waals surface area contributed by atoms with Gasteiger partial charge in [-0.15, -0.1) is 0 Å². The third-order valence-electron chi connectivity index (χ3n) is 4.22. The fourth-order valence-electron chi connectivity index (χ4n) is 3.27. The highest BCUT2D eigenvalue weighted by atomic mass is 16.1. The molecule has 0 spiro atoms. The molecule has 1 atom stereocenters. The molecule has 0 aliphatic heterocycles. The molecular weight excluding hydrogens is 246 g/mol. The Balaban J connectivity index is 2.14. The highest BCUT2D eigenvalue weighted by Crippen LogP contribution is 2.38. The molecule has 1 unspecified atom stereocenters. The number of hydrogen-bond acceptors (Lipinski definition) is 1. The normalized spacial score (nSPS) is 17.6. The second-order valence-electron chi connectivity index (χ2n) is 5.60. The quantitative estimate of drug-likeness (QED) is 0.886. The summed E-state index contributed by atoms with van der Waals surface area (Å²) in [5, 5.41) is 0. The Kier molecular flexibility index (Phi) is 3.31. The molecule has 2 N–H and O–H groups in total. The van der Waals surface area contributed by atoms with Gasteiger partial charge in [0.05, 0.1) is 0 Å². The molecule has 1 aliphatic rings. The highest BCUT2D eigenvalue weighted by Gasteiger charge is 2.24. The van der Waals surface area contributed by atoms with E-state index in [0.29, 0.717) is 11.5 Å². The first-order valence-corrected chi connectivity index (χ1v) is 7.15. The summed E-state index contributed by atoms with van der Waals surface area (Å²) in [5.41, 5.74) is 11.3. The smallest absolute Gasteiger partial charge is 0.248 e. The van der Waals surface area contributed by atoms with E-state index in [9.17, 15) is 4.79 Å². The molecule has 1 amide bonds. The second-order valence-corrected chi connectivity index (χ2v) is 5.60. The molecule has 2 nitrogen and oxygen atoms in total. The predicted octanol–water partition coefficient (Wildman–Crippen LogP) is 3.56. The summed E-state index contributed by atoms with van der Waals surface area (Å²) in [4.78, 5) is 11.7. The van der Waals surface area contributed by atoms with Gasteiger partial charge in [0, 0.05) is 11.5 Å². The van der Waals surface area contributed by atoms with E-state index in [4.69, 9.17) is 5.73 Å². The van der Waals surface area contributed by atoms with Gasteiger partial charge in [0.2, 0.25) is 5.91 Å². The molecule has 0 saturated carbocycles. The van der Waals surface area contributed by atoms with Crippen molar-refractivity contribution in [3.8, 4) is 0 Å². The lowest BCUT2D eigenvalue weighted by Crippen LogP contribution is -2.18. The van der Waals surface area contributed by atoms with E-state index in [1.54, 1.807) is 0 Å². The van der Waals surface area contributed by atoms with E-state index in [1.807, 2.05) is 24.3 Å². The third-order valence-corrected chi connectivity index (χ3v) is 4.22. The molecule has 0 saturated heterocycles. The summed E-state index contributed by atoms with van der Waals surface area (Å²) in [6.45, 7) is 2.12. The van der Waals surface area contributed by atoms with Crippen LogP contribution in [-0.2, 0) is 6.42 Å². The molecule has 2 heteroatoms. The van der Waals surface area contributed by atoms with E-state index < -0.39 is 0 Å². The van der Waals surface area contributed by atoms with Gasteiger partial charge in [-0.2, -0.15) is 0 Å². The van der Waals surface area contributed by atoms with Crippen molar-refractivity contribution < 1.29 is 4.79 Å².